The molecular weight excluding hydrogens is 180 g/mol. The predicted molar refractivity (Wildman–Crippen MR) is 25.2 cm³/mol. The minimum atomic E-state index is -3.42. The Bertz CT molecular complexity index is 88.5. The van der Waals surface area contributed by atoms with Crippen molar-refractivity contribution in [2.45, 2.75) is 6.92 Å². The average Bonchev–Trinajstić information content (AvgIpc) is 1.30. The number of hydrogen-bond donors (Lipinski definition) is 0. The summed E-state index contributed by atoms with van der Waals surface area (Å²) in [5, 5.41) is 0. The zero-order valence-corrected chi connectivity index (χ0v) is 8.95. The Balaban J connectivity index is 0. The zero-order chi connectivity index (χ0) is 5.91. The van der Waals surface area contributed by atoms with Gasteiger partial charge in [-0.15, -0.1) is 0 Å². The van der Waals surface area contributed by atoms with Crippen LogP contribution in [0.15, 0.2) is 0 Å². The molecule has 8 heavy (non-hydrogen) atoms. The van der Waals surface area contributed by atoms with Crippen LogP contribution in [0, 0.1) is 0 Å². The first-order chi connectivity index (χ1) is 3.06. The van der Waals surface area contributed by atoms with E-state index in [2.05, 4.69) is 4.52 Å². The summed E-state index contributed by atoms with van der Waals surface area (Å²) >= 11 is 0. The average molecular weight is 188 g/mol. The van der Waals surface area contributed by atoms with Crippen LogP contribution >= 0.6 is 7.60 Å². The summed E-state index contributed by atoms with van der Waals surface area (Å²) in [5.74, 6) is 0. The van der Waals surface area contributed by atoms with E-state index >= 15 is 0 Å². The molecule has 0 fully saturated rings. The zero-order valence-electron chi connectivity index (χ0n) is 5.09. The van der Waals surface area contributed by atoms with E-state index in [4.69, 9.17) is 0 Å². The standard InChI is InChI=1S/C3H9O3P.Zn/c1-3-6-7(2,4)5;/h3H2,1-2H3,(H,4,5);/q;+2/p-1. The van der Waals surface area contributed by atoms with Gasteiger partial charge >= 0.3 is 19.5 Å². The van der Waals surface area contributed by atoms with Gasteiger partial charge < -0.3 is 14.0 Å². The van der Waals surface area contributed by atoms with Crippen molar-refractivity contribution in [3.63, 3.8) is 0 Å². The van der Waals surface area contributed by atoms with Gasteiger partial charge in [-0.05, 0) is 6.92 Å². The molecule has 0 rings (SSSR count). The fourth-order valence-corrected chi connectivity index (χ4v) is 0.704. The first-order valence-corrected chi connectivity index (χ1v) is 3.98. The van der Waals surface area contributed by atoms with Gasteiger partial charge in [0.1, 0.15) is 7.60 Å². The molecule has 0 aliphatic rings. The molecule has 0 amide bonds. The van der Waals surface area contributed by atoms with Gasteiger partial charge in [-0.25, -0.2) is 0 Å². The molecule has 1 unspecified atom stereocenters. The maximum Gasteiger partial charge on any atom is 2.00 e. The molecule has 0 aromatic rings. The van der Waals surface area contributed by atoms with Crippen LogP contribution in [0.3, 0.4) is 0 Å². The van der Waals surface area contributed by atoms with Crippen molar-refractivity contribution in [2.24, 2.45) is 0 Å². The van der Waals surface area contributed by atoms with Crippen molar-refractivity contribution < 1.29 is 33.5 Å². The van der Waals surface area contributed by atoms with Crippen LogP contribution in [0.25, 0.3) is 0 Å². The summed E-state index contributed by atoms with van der Waals surface area (Å²) in [6.07, 6.45) is 0. The Kier molecular flexibility index (Phi) is 6.69. The van der Waals surface area contributed by atoms with E-state index in [-0.39, 0.29) is 26.1 Å². The van der Waals surface area contributed by atoms with Crippen molar-refractivity contribution in [1.29, 1.82) is 0 Å². The van der Waals surface area contributed by atoms with Gasteiger partial charge in [-0.3, -0.25) is 0 Å². The van der Waals surface area contributed by atoms with E-state index in [0.717, 1.165) is 6.66 Å². The van der Waals surface area contributed by atoms with Crippen LogP contribution < -0.4 is 4.89 Å². The topological polar surface area (TPSA) is 49.4 Å². The molecule has 5 heteroatoms. The van der Waals surface area contributed by atoms with Crippen LogP contribution in [0.5, 0.6) is 0 Å². The molecule has 0 saturated carbocycles. The summed E-state index contributed by atoms with van der Waals surface area (Å²) in [4.78, 5) is 10.0. The van der Waals surface area contributed by atoms with Gasteiger partial charge in [0.15, 0.2) is 0 Å². The van der Waals surface area contributed by atoms with Gasteiger partial charge in [-0.1, -0.05) is 0 Å². The second-order valence-corrected chi connectivity index (χ2v) is 2.99. The molecule has 0 aromatic carbocycles. The smallest absolute Gasteiger partial charge is 0.779 e. The molecule has 1 atom stereocenters. The maximum absolute atomic E-state index is 10.0. The van der Waals surface area contributed by atoms with Crippen molar-refractivity contribution >= 4 is 7.60 Å². The van der Waals surface area contributed by atoms with Crippen LogP contribution in [-0.2, 0) is 28.6 Å². The summed E-state index contributed by atoms with van der Waals surface area (Å²) in [6.45, 7) is 2.92. The van der Waals surface area contributed by atoms with Crippen LogP contribution in [0.1, 0.15) is 6.92 Å². The van der Waals surface area contributed by atoms with Gasteiger partial charge in [0.2, 0.25) is 0 Å². The number of hydrogen-bond acceptors (Lipinski definition) is 3. The molecule has 0 aliphatic carbocycles. The molecule has 0 aromatic heterocycles. The second-order valence-electron chi connectivity index (χ2n) is 1.19. The van der Waals surface area contributed by atoms with Crippen LogP contribution in [0.4, 0.5) is 0 Å². The summed E-state index contributed by atoms with van der Waals surface area (Å²) in [7, 11) is -3.42. The van der Waals surface area contributed by atoms with Crippen molar-refractivity contribution in [1.82, 2.24) is 0 Å². The third-order valence-electron chi connectivity index (χ3n) is 0.364. The molecular formula is C3H8O3PZn+. The SMILES string of the molecule is CCOP(C)(=O)[O-].[Zn+2]. The molecule has 3 nitrogen and oxygen atoms in total. The Morgan fingerprint density at radius 2 is 2.12 bits per heavy atom. The van der Waals surface area contributed by atoms with E-state index in [1.165, 1.54) is 0 Å². The minimum Gasteiger partial charge on any atom is -0.779 e. The minimum absolute atomic E-state index is 0. The maximum atomic E-state index is 10.0. The van der Waals surface area contributed by atoms with Crippen molar-refractivity contribution in [2.75, 3.05) is 13.3 Å². The quantitative estimate of drug-likeness (QED) is 0.460. The summed E-state index contributed by atoms with van der Waals surface area (Å²) < 4.78 is 14.3. The Morgan fingerprint density at radius 3 is 2.12 bits per heavy atom. The van der Waals surface area contributed by atoms with Crippen LogP contribution in [-0.4, -0.2) is 13.3 Å². The van der Waals surface area contributed by atoms with E-state index in [1.807, 2.05) is 0 Å². The molecule has 0 saturated heterocycles. The van der Waals surface area contributed by atoms with Gasteiger partial charge in [-0.2, -0.15) is 0 Å². The van der Waals surface area contributed by atoms with E-state index < -0.39 is 7.60 Å². The molecule has 44 valence electrons. The second kappa shape index (κ2) is 4.63. The molecule has 0 aliphatic heterocycles. The molecule has 0 radical (unpaired) electrons. The number of rotatable bonds is 2. The fourth-order valence-electron chi connectivity index (χ4n) is 0.235. The normalized spacial score (nSPS) is 16.4. The molecule has 0 spiro atoms. The van der Waals surface area contributed by atoms with E-state index in [0.29, 0.717) is 0 Å². The van der Waals surface area contributed by atoms with Gasteiger partial charge in [0.05, 0.1) is 6.61 Å². The first-order valence-electron chi connectivity index (χ1n) is 1.99. The largest absolute Gasteiger partial charge is 2.00 e. The third kappa shape index (κ3) is 9.91. The first kappa shape index (κ1) is 11.6. The monoisotopic (exact) mass is 187 g/mol. The predicted octanol–water partition coefficient (Wildman–Crippen LogP) is 0.204. The van der Waals surface area contributed by atoms with Gasteiger partial charge in [0.25, 0.3) is 0 Å². The Morgan fingerprint density at radius 1 is 1.75 bits per heavy atom. The van der Waals surface area contributed by atoms with Crippen molar-refractivity contribution in [3.05, 3.63) is 0 Å². The molecule has 0 heterocycles. The van der Waals surface area contributed by atoms with Crippen LogP contribution in [0.2, 0.25) is 0 Å². The summed E-state index contributed by atoms with van der Waals surface area (Å²) in [6, 6.07) is 0. The van der Waals surface area contributed by atoms with E-state index in [9.17, 15) is 9.46 Å². The molecule has 0 N–H and O–H groups in total. The van der Waals surface area contributed by atoms with E-state index in [1.54, 1.807) is 6.92 Å². The van der Waals surface area contributed by atoms with Gasteiger partial charge in [0, 0.05) is 6.66 Å². The molecule has 0 bridgehead atoms. The third-order valence-corrected chi connectivity index (χ3v) is 1.09. The fraction of sp³-hybridized carbons (Fsp3) is 1.00. The summed E-state index contributed by atoms with van der Waals surface area (Å²) in [5.41, 5.74) is 0. The Labute approximate surface area is 61.7 Å². The Hall–Kier alpha value is 0.773. The van der Waals surface area contributed by atoms with Crippen molar-refractivity contribution in [3.8, 4) is 0 Å².